The van der Waals surface area contributed by atoms with Crippen LogP contribution in [0, 0.1) is 40.4 Å². The molecule has 3 nitrogen and oxygen atoms in total. The number of allylic oxidation sites excluding steroid dienone is 1. The Morgan fingerprint density at radius 2 is 1.93 bits per heavy atom. The lowest BCUT2D eigenvalue weighted by molar-refractivity contribution is -0.135. The summed E-state index contributed by atoms with van der Waals surface area (Å²) in [6, 6.07) is 0. The summed E-state index contributed by atoms with van der Waals surface area (Å²) >= 11 is 0. The Morgan fingerprint density at radius 3 is 2.67 bits per heavy atom. The maximum atomic E-state index is 13.3. The number of hydrogen-bond acceptors (Lipinski definition) is 3. The molecule has 4 aliphatic rings. The van der Waals surface area contributed by atoms with Gasteiger partial charge in [0.1, 0.15) is 0 Å². The number of ketones is 1. The van der Waals surface area contributed by atoms with Crippen LogP contribution >= 0.6 is 0 Å². The van der Waals surface area contributed by atoms with Gasteiger partial charge in [0, 0.05) is 12.5 Å². The normalized spacial score (nSPS) is 47.7. The van der Waals surface area contributed by atoms with Crippen LogP contribution < -0.4 is 0 Å². The zero-order valence-electron chi connectivity index (χ0n) is 17.4. The van der Waals surface area contributed by atoms with Crippen LogP contribution in [0.25, 0.3) is 0 Å². The fourth-order valence-corrected chi connectivity index (χ4v) is 7.97. The largest absolute Gasteiger partial charge is 0.396 e. The molecule has 0 radical (unpaired) electrons. The van der Waals surface area contributed by atoms with E-state index in [1.165, 1.54) is 24.8 Å². The molecule has 3 fully saturated rings. The van der Waals surface area contributed by atoms with Crippen molar-refractivity contribution in [3.05, 3.63) is 11.6 Å². The van der Waals surface area contributed by atoms with Gasteiger partial charge in [0.25, 0.3) is 0 Å². The number of carbonyl (C=O) groups is 1. The van der Waals surface area contributed by atoms with Crippen LogP contribution in [0.2, 0.25) is 0 Å². The maximum absolute atomic E-state index is 13.3. The van der Waals surface area contributed by atoms with E-state index in [1.54, 1.807) is 0 Å². The summed E-state index contributed by atoms with van der Waals surface area (Å²) in [5, 5.41) is 19.4. The summed E-state index contributed by atoms with van der Waals surface area (Å²) in [6.45, 7) is 7.51. The molecule has 0 aromatic rings. The van der Waals surface area contributed by atoms with E-state index < -0.39 is 0 Å². The van der Waals surface area contributed by atoms with Crippen molar-refractivity contribution in [3.8, 4) is 0 Å². The first-order chi connectivity index (χ1) is 12.8. The second-order valence-corrected chi connectivity index (χ2v) is 10.7. The first-order valence-corrected chi connectivity index (χ1v) is 11.3. The van der Waals surface area contributed by atoms with Gasteiger partial charge in [-0.25, -0.2) is 0 Å². The van der Waals surface area contributed by atoms with Crippen molar-refractivity contribution in [1.82, 2.24) is 0 Å². The van der Waals surface area contributed by atoms with Crippen molar-refractivity contribution in [2.45, 2.75) is 84.7 Å². The third-order valence-corrected chi connectivity index (χ3v) is 9.50. The standard InChI is InChI=1S/C24H38O3/c1-15(5-4-12-25)18-6-7-19-22-20(9-11-24(18,19)3)23(2)10-8-17(26)13-16(23)14-21(22)27/h14-15,17-20,22,25-26H,4-13H2,1-3H3. The molecule has 0 bridgehead atoms. The fraction of sp³-hybridized carbons (Fsp3) is 0.875. The molecule has 2 N–H and O–H groups in total. The van der Waals surface area contributed by atoms with Crippen molar-refractivity contribution >= 4 is 5.78 Å². The van der Waals surface area contributed by atoms with E-state index in [-0.39, 0.29) is 29.5 Å². The highest BCUT2D eigenvalue weighted by atomic mass is 16.3. The van der Waals surface area contributed by atoms with Gasteiger partial charge in [-0.1, -0.05) is 26.3 Å². The van der Waals surface area contributed by atoms with Crippen LogP contribution in [-0.4, -0.2) is 28.7 Å². The van der Waals surface area contributed by atoms with Gasteiger partial charge in [0.2, 0.25) is 0 Å². The number of hydrogen-bond donors (Lipinski definition) is 2. The highest BCUT2D eigenvalue weighted by Gasteiger charge is 2.61. The van der Waals surface area contributed by atoms with Gasteiger partial charge < -0.3 is 10.2 Å². The Bertz CT molecular complexity index is 625. The average molecular weight is 375 g/mol. The van der Waals surface area contributed by atoms with Crippen molar-refractivity contribution in [3.63, 3.8) is 0 Å². The first-order valence-electron chi connectivity index (χ1n) is 11.3. The quantitative estimate of drug-likeness (QED) is 0.761. The van der Waals surface area contributed by atoms with E-state index in [1.807, 2.05) is 6.08 Å². The Kier molecular flexibility index (Phi) is 5.08. The third kappa shape index (κ3) is 2.95. The van der Waals surface area contributed by atoms with E-state index in [0.29, 0.717) is 35.9 Å². The van der Waals surface area contributed by atoms with Crippen LogP contribution in [0.5, 0.6) is 0 Å². The highest BCUT2D eigenvalue weighted by molar-refractivity contribution is 5.94. The molecule has 4 rings (SSSR count). The predicted molar refractivity (Wildman–Crippen MR) is 107 cm³/mol. The molecule has 3 heteroatoms. The van der Waals surface area contributed by atoms with E-state index >= 15 is 0 Å². The van der Waals surface area contributed by atoms with Gasteiger partial charge in [0.15, 0.2) is 5.78 Å². The van der Waals surface area contributed by atoms with Gasteiger partial charge in [-0.3, -0.25) is 4.79 Å². The first kappa shape index (κ1) is 19.6. The number of carbonyl (C=O) groups excluding carboxylic acids is 1. The molecule has 152 valence electrons. The summed E-state index contributed by atoms with van der Waals surface area (Å²) in [5.74, 6) is 2.88. The maximum Gasteiger partial charge on any atom is 0.159 e. The third-order valence-electron chi connectivity index (χ3n) is 9.50. The number of fused-ring (bicyclic) bond motifs is 5. The minimum Gasteiger partial charge on any atom is -0.396 e. The van der Waals surface area contributed by atoms with Gasteiger partial charge >= 0.3 is 0 Å². The summed E-state index contributed by atoms with van der Waals surface area (Å²) in [6.07, 6.45) is 11.2. The minimum atomic E-state index is -0.259. The molecule has 4 aliphatic carbocycles. The molecule has 27 heavy (non-hydrogen) atoms. The van der Waals surface area contributed by atoms with E-state index in [4.69, 9.17) is 0 Å². The number of aliphatic hydroxyl groups is 2. The molecular weight excluding hydrogens is 336 g/mol. The number of rotatable bonds is 4. The summed E-state index contributed by atoms with van der Waals surface area (Å²) < 4.78 is 0. The molecule has 0 heterocycles. The lowest BCUT2D eigenvalue weighted by Crippen LogP contribution is -2.53. The summed E-state index contributed by atoms with van der Waals surface area (Å²) in [7, 11) is 0. The van der Waals surface area contributed by atoms with Crippen LogP contribution in [0.1, 0.15) is 78.6 Å². The number of aliphatic hydroxyl groups excluding tert-OH is 2. The average Bonchev–Trinajstić information content (AvgIpc) is 2.98. The Morgan fingerprint density at radius 1 is 1.15 bits per heavy atom. The summed E-state index contributed by atoms with van der Waals surface area (Å²) in [4.78, 5) is 13.3. The molecule has 8 atom stereocenters. The zero-order chi connectivity index (χ0) is 19.4. The van der Waals surface area contributed by atoms with Gasteiger partial charge in [-0.15, -0.1) is 0 Å². The molecule has 0 aromatic carbocycles. The minimum absolute atomic E-state index is 0.125. The van der Waals surface area contributed by atoms with Crippen molar-refractivity contribution in [1.29, 1.82) is 0 Å². The second-order valence-electron chi connectivity index (χ2n) is 10.7. The topological polar surface area (TPSA) is 57.5 Å². The SMILES string of the molecule is CC(CCCO)C1CCC2C3C(=O)C=C4CC(O)CCC4(C)C3CCC12C. The van der Waals surface area contributed by atoms with Crippen LogP contribution in [0.4, 0.5) is 0 Å². The van der Waals surface area contributed by atoms with Gasteiger partial charge in [-0.05, 0) is 98.4 Å². The van der Waals surface area contributed by atoms with Crippen LogP contribution in [-0.2, 0) is 4.79 Å². The van der Waals surface area contributed by atoms with Crippen molar-refractivity contribution in [2.24, 2.45) is 40.4 Å². The zero-order valence-corrected chi connectivity index (χ0v) is 17.4. The molecular formula is C24H38O3. The second kappa shape index (κ2) is 6.99. The van der Waals surface area contributed by atoms with Crippen LogP contribution in [0.3, 0.4) is 0 Å². The Labute approximate surface area is 164 Å². The van der Waals surface area contributed by atoms with Gasteiger partial charge in [0.05, 0.1) is 6.10 Å². The monoisotopic (exact) mass is 374 g/mol. The molecule has 3 saturated carbocycles. The molecule has 0 amide bonds. The lowest BCUT2D eigenvalue weighted by Gasteiger charge is -2.57. The summed E-state index contributed by atoms with van der Waals surface area (Å²) in [5.41, 5.74) is 1.64. The van der Waals surface area contributed by atoms with E-state index in [9.17, 15) is 15.0 Å². The van der Waals surface area contributed by atoms with Crippen molar-refractivity contribution in [2.75, 3.05) is 6.61 Å². The fourth-order valence-electron chi connectivity index (χ4n) is 7.97. The highest BCUT2D eigenvalue weighted by Crippen LogP contribution is 2.66. The van der Waals surface area contributed by atoms with Crippen LogP contribution in [0.15, 0.2) is 11.6 Å². The molecule has 0 spiro atoms. The van der Waals surface area contributed by atoms with E-state index in [2.05, 4.69) is 20.8 Å². The molecule has 0 saturated heterocycles. The molecule has 0 aromatic heterocycles. The predicted octanol–water partition coefficient (Wildman–Crippen LogP) is 4.51. The van der Waals surface area contributed by atoms with Gasteiger partial charge in [-0.2, -0.15) is 0 Å². The Hall–Kier alpha value is -0.670. The van der Waals surface area contributed by atoms with Crippen molar-refractivity contribution < 1.29 is 15.0 Å². The smallest absolute Gasteiger partial charge is 0.159 e. The lowest BCUT2D eigenvalue weighted by atomic mass is 9.46. The van der Waals surface area contributed by atoms with E-state index in [0.717, 1.165) is 32.1 Å². The molecule has 8 unspecified atom stereocenters. The molecule has 0 aliphatic heterocycles. The Balaban J connectivity index is 1.62.